The van der Waals surface area contributed by atoms with E-state index in [1.165, 1.54) is 18.5 Å². The molecule has 0 aliphatic heterocycles. The first-order valence-corrected chi connectivity index (χ1v) is 12.6. The second kappa shape index (κ2) is 15.7. The fourth-order valence-electron chi connectivity index (χ4n) is 3.79. The highest BCUT2D eigenvalue weighted by atomic mass is 16.6. The quantitative estimate of drug-likeness (QED) is 0.0970. The van der Waals surface area contributed by atoms with Crippen molar-refractivity contribution in [2.75, 3.05) is 18.5 Å². The molecule has 0 aromatic heterocycles. The number of ether oxygens (including phenoxy) is 3. The van der Waals surface area contributed by atoms with Crippen LogP contribution in [0.1, 0.15) is 41.8 Å². The Kier molecular flexibility index (Phi) is 11.7. The molecule has 4 N–H and O–H groups in total. The lowest BCUT2D eigenvalue weighted by molar-refractivity contribution is -0.124. The lowest BCUT2D eigenvalue weighted by atomic mass is 9.99. The molecule has 0 fully saturated rings. The number of amides is 2. The second-order valence-corrected chi connectivity index (χ2v) is 8.65. The normalized spacial score (nSPS) is 12.3. The number of Topliss-reactive ketones (excluding diaryl/α,β-unsaturated/α-hetero) is 1. The number of para-hydroxylation sites is 1. The van der Waals surface area contributed by atoms with Gasteiger partial charge in [-0.25, -0.2) is 10.3 Å². The number of benzene rings is 3. The summed E-state index contributed by atoms with van der Waals surface area (Å²) < 4.78 is 17.8. The molecule has 2 atom stereocenters. The van der Waals surface area contributed by atoms with E-state index in [0.29, 0.717) is 41.2 Å². The molecule has 40 heavy (non-hydrogen) atoms. The van der Waals surface area contributed by atoms with Gasteiger partial charge in [0.2, 0.25) is 0 Å². The fraction of sp³-hybridized carbons (Fsp3) is 0.233. The van der Waals surface area contributed by atoms with Crippen molar-refractivity contribution < 1.29 is 38.9 Å². The van der Waals surface area contributed by atoms with E-state index in [-0.39, 0.29) is 19.0 Å². The number of anilines is 1. The van der Waals surface area contributed by atoms with Crippen molar-refractivity contribution in [2.45, 2.75) is 32.0 Å². The zero-order valence-corrected chi connectivity index (χ0v) is 22.0. The molecule has 3 aromatic carbocycles. The molecule has 0 saturated carbocycles. The molecular formula is C30H32N2O8. The second-order valence-electron chi connectivity index (χ2n) is 8.65. The Labute approximate surface area is 232 Å². The number of hydrogen-bond acceptors (Lipinski definition) is 8. The Morgan fingerprint density at radius 1 is 0.950 bits per heavy atom. The Hall–Kier alpha value is -4.67. The average Bonchev–Trinajstić information content (AvgIpc) is 2.97. The lowest BCUT2D eigenvalue weighted by Gasteiger charge is -2.28. The van der Waals surface area contributed by atoms with Crippen molar-refractivity contribution in [3.63, 3.8) is 0 Å². The third-order valence-electron chi connectivity index (χ3n) is 5.68. The molecule has 0 spiro atoms. The zero-order chi connectivity index (χ0) is 28.7. The van der Waals surface area contributed by atoms with Gasteiger partial charge >= 0.3 is 6.09 Å². The number of carbonyl (C=O) groups is 3. The minimum atomic E-state index is -0.922. The lowest BCUT2D eigenvalue weighted by Crippen LogP contribution is -2.31. The number of nitrogens with one attached hydrogen (secondary N) is 2. The van der Waals surface area contributed by atoms with Gasteiger partial charge in [-0.05, 0) is 73.9 Å². The summed E-state index contributed by atoms with van der Waals surface area (Å²) in [6.07, 6.45) is 1.07. The maximum atomic E-state index is 13.1. The Balaban J connectivity index is 1.90. The fourth-order valence-corrected chi connectivity index (χ4v) is 3.79. The van der Waals surface area contributed by atoms with Crippen LogP contribution in [0.25, 0.3) is 0 Å². The summed E-state index contributed by atoms with van der Waals surface area (Å²) in [4.78, 5) is 36.0. The standard InChI is InChI=1S/C30H32N2O8/c1-21(34)22-14-16-24(17-15-22)31-30(36)40-29(23-8-7-11-26(20-23)38-19-18-33)27(12-5-6-13-28(35)32-37)39-25-9-3-2-4-10-25/h2-4,6-11,13-17,20,27,29,33,37H,5,12,18-19H2,1H3,(H,31,36)(H,32,35)/b13-6+/t27-,29-/m0/s1. The minimum Gasteiger partial charge on any atom is -0.491 e. The molecule has 0 aliphatic carbocycles. The molecular weight excluding hydrogens is 516 g/mol. The largest absolute Gasteiger partial charge is 0.491 e. The third kappa shape index (κ3) is 9.57. The number of allylic oxidation sites excluding steroid dienone is 1. The van der Waals surface area contributed by atoms with Crippen LogP contribution in [0.3, 0.4) is 0 Å². The smallest absolute Gasteiger partial charge is 0.412 e. The van der Waals surface area contributed by atoms with Gasteiger partial charge in [-0.2, -0.15) is 0 Å². The van der Waals surface area contributed by atoms with Crippen LogP contribution in [0.5, 0.6) is 11.5 Å². The van der Waals surface area contributed by atoms with Crippen LogP contribution in [-0.2, 0) is 9.53 Å². The molecule has 3 aromatic rings. The molecule has 10 heteroatoms. The van der Waals surface area contributed by atoms with Crippen LogP contribution < -0.4 is 20.3 Å². The van der Waals surface area contributed by atoms with E-state index in [9.17, 15) is 14.4 Å². The highest BCUT2D eigenvalue weighted by Crippen LogP contribution is 2.31. The molecule has 0 radical (unpaired) electrons. The highest BCUT2D eigenvalue weighted by molar-refractivity contribution is 5.95. The molecule has 0 saturated heterocycles. The van der Waals surface area contributed by atoms with Crippen molar-refractivity contribution in [1.29, 1.82) is 0 Å². The van der Waals surface area contributed by atoms with Gasteiger partial charge in [0.15, 0.2) is 11.9 Å². The maximum absolute atomic E-state index is 13.1. The van der Waals surface area contributed by atoms with Crippen molar-refractivity contribution >= 4 is 23.5 Å². The van der Waals surface area contributed by atoms with Crippen LogP contribution in [0.4, 0.5) is 10.5 Å². The first kappa shape index (κ1) is 29.9. The topological polar surface area (TPSA) is 143 Å². The van der Waals surface area contributed by atoms with Crippen molar-refractivity contribution in [2.24, 2.45) is 0 Å². The summed E-state index contributed by atoms with van der Waals surface area (Å²) in [6, 6.07) is 22.4. The number of aliphatic hydroxyl groups excluding tert-OH is 1. The summed E-state index contributed by atoms with van der Waals surface area (Å²) in [5.74, 6) is 0.255. The van der Waals surface area contributed by atoms with Crippen LogP contribution in [0, 0.1) is 0 Å². The summed E-state index contributed by atoms with van der Waals surface area (Å²) in [7, 11) is 0. The predicted octanol–water partition coefficient (Wildman–Crippen LogP) is 4.84. The first-order valence-electron chi connectivity index (χ1n) is 12.6. The van der Waals surface area contributed by atoms with Gasteiger partial charge in [-0.1, -0.05) is 36.4 Å². The van der Waals surface area contributed by atoms with Gasteiger partial charge in [0.05, 0.1) is 6.61 Å². The summed E-state index contributed by atoms with van der Waals surface area (Å²) in [5, 5.41) is 20.6. The van der Waals surface area contributed by atoms with E-state index in [2.05, 4.69) is 5.32 Å². The Morgan fingerprint density at radius 2 is 1.68 bits per heavy atom. The number of carbonyl (C=O) groups excluding carboxylic acids is 3. The monoisotopic (exact) mass is 548 g/mol. The number of hydroxylamine groups is 1. The van der Waals surface area contributed by atoms with E-state index in [4.69, 9.17) is 24.5 Å². The third-order valence-corrected chi connectivity index (χ3v) is 5.68. The van der Waals surface area contributed by atoms with E-state index < -0.39 is 24.2 Å². The Bertz CT molecular complexity index is 1280. The minimum absolute atomic E-state index is 0.0907. The predicted molar refractivity (Wildman–Crippen MR) is 147 cm³/mol. The van der Waals surface area contributed by atoms with Gasteiger partial charge in [-0.15, -0.1) is 0 Å². The zero-order valence-electron chi connectivity index (χ0n) is 22.0. The number of rotatable bonds is 14. The van der Waals surface area contributed by atoms with Crippen LogP contribution in [0.2, 0.25) is 0 Å². The molecule has 0 heterocycles. The van der Waals surface area contributed by atoms with Crippen molar-refractivity contribution in [3.8, 4) is 11.5 Å². The summed E-state index contributed by atoms with van der Waals surface area (Å²) in [6.45, 7) is 1.38. The van der Waals surface area contributed by atoms with Crippen LogP contribution >= 0.6 is 0 Å². The van der Waals surface area contributed by atoms with Gasteiger partial charge in [0, 0.05) is 17.3 Å². The van der Waals surface area contributed by atoms with Gasteiger partial charge in [-0.3, -0.25) is 20.1 Å². The van der Waals surface area contributed by atoms with Gasteiger partial charge in [0.1, 0.15) is 24.2 Å². The summed E-state index contributed by atoms with van der Waals surface area (Å²) >= 11 is 0. The number of ketones is 1. The van der Waals surface area contributed by atoms with E-state index in [0.717, 1.165) is 0 Å². The molecule has 0 aliphatic rings. The molecule has 10 nitrogen and oxygen atoms in total. The SMILES string of the molecule is CC(=O)c1ccc(NC(=O)O[C@@H](c2cccc(OCCO)c2)[C@H](CC/C=C/C(=O)NO)Oc2ccccc2)cc1. The van der Waals surface area contributed by atoms with E-state index >= 15 is 0 Å². The van der Waals surface area contributed by atoms with Crippen LogP contribution in [-0.4, -0.2) is 47.4 Å². The molecule has 2 amide bonds. The number of hydrogen-bond donors (Lipinski definition) is 4. The maximum Gasteiger partial charge on any atom is 0.412 e. The van der Waals surface area contributed by atoms with Crippen molar-refractivity contribution in [3.05, 3.63) is 102 Å². The molecule has 0 bridgehead atoms. The summed E-state index contributed by atoms with van der Waals surface area (Å²) in [5.41, 5.74) is 3.06. The van der Waals surface area contributed by atoms with E-state index in [1.807, 2.05) is 18.2 Å². The van der Waals surface area contributed by atoms with Crippen LogP contribution in [0.15, 0.2) is 91.0 Å². The first-order chi connectivity index (χ1) is 19.4. The molecule has 3 rings (SSSR count). The molecule has 0 unspecified atom stereocenters. The van der Waals surface area contributed by atoms with Crippen molar-refractivity contribution in [1.82, 2.24) is 5.48 Å². The van der Waals surface area contributed by atoms with E-state index in [1.54, 1.807) is 66.7 Å². The average molecular weight is 549 g/mol. The molecule has 210 valence electrons. The van der Waals surface area contributed by atoms with Gasteiger partial charge in [0.25, 0.3) is 5.91 Å². The van der Waals surface area contributed by atoms with Gasteiger partial charge < -0.3 is 19.3 Å². The Morgan fingerprint density at radius 3 is 2.35 bits per heavy atom. The highest BCUT2D eigenvalue weighted by Gasteiger charge is 2.29. The number of aliphatic hydroxyl groups is 1.